The quantitative estimate of drug-likeness (QED) is 0.660. The number of nitrogens with one attached hydrogen (secondary N) is 1. The Bertz CT molecular complexity index is 515. The molecule has 2 atom stereocenters. The number of carbonyl (C=O) groups excluding carboxylic acids is 1. The fraction of sp³-hybridized carbons (Fsp3) is 0.500. The van der Waals surface area contributed by atoms with E-state index in [1.807, 2.05) is 30.3 Å². The standard InChI is InChI=1S/C16H23NO5S/c1-16(2,3)22-15(21)17-12(13(18)14(19)20)9-10-23-11-7-5-4-6-8-11/h4-8,12-13,18H,9-10H2,1-3H3,(H,17,21)(H,19,20)/t12-,13-/m0/s1. The molecule has 0 bridgehead atoms. The van der Waals surface area contributed by atoms with Crippen molar-refractivity contribution in [3.8, 4) is 0 Å². The zero-order chi connectivity index (χ0) is 17.5. The van der Waals surface area contributed by atoms with Crippen LogP contribution in [0.25, 0.3) is 0 Å². The number of thioether (sulfide) groups is 1. The number of hydrogen-bond acceptors (Lipinski definition) is 5. The summed E-state index contributed by atoms with van der Waals surface area (Å²) in [5.41, 5.74) is -0.693. The summed E-state index contributed by atoms with van der Waals surface area (Å²) in [5.74, 6) is -0.829. The van der Waals surface area contributed by atoms with E-state index < -0.39 is 29.8 Å². The Labute approximate surface area is 140 Å². The second-order valence-corrected chi connectivity index (χ2v) is 7.15. The number of aliphatic hydroxyl groups excluding tert-OH is 1. The minimum absolute atomic E-state index is 0.298. The maximum absolute atomic E-state index is 11.8. The van der Waals surface area contributed by atoms with Gasteiger partial charge in [-0.3, -0.25) is 0 Å². The summed E-state index contributed by atoms with van der Waals surface area (Å²) in [7, 11) is 0. The Morgan fingerprint density at radius 1 is 1.26 bits per heavy atom. The summed E-state index contributed by atoms with van der Waals surface area (Å²) in [4.78, 5) is 23.8. The van der Waals surface area contributed by atoms with E-state index >= 15 is 0 Å². The zero-order valence-corrected chi connectivity index (χ0v) is 14.3. The summed E-state index contributed by atoms with van der Waals surface area (Å²) in [5, 5.41) is 21.2. The monoisotopic (exact) mass is 341 g/mol. The maximum atomic E-state index is 11.8. The first-order valence-electron chi connectivity index (χ1n) is 7.27. The molecule has 0 fully saturated rings. The Morgan fingerprint density at radius 2 is 1.87 bits per heavy atom. The molecule has 1 rings (SSSR count). The number of aliphatic carboxylic acids is 1. The molecule has 1 aromatic carbocycles. The van der Waals surface area contributed by atoms with Gasteiger partial charge in [-0.05, 0) is 39.3 Å². The third kappa shape index (κ3) is 7.90. The number of aliphatic hydroxyl groups is 1. The molecule has 0 saturated carbocycles. The van der Waals surface area contributed by atoms with Crippen molar-refractivity contribution in [1.29, 1.82) is 0 Å². The number of benzene rings is 1. The molecule has 1 aromatic rings. The highest BCUT2D eigenvalue weighted by Gasteiger charge is 2.28. The summed E-state index contributed by atoms with van der Waals surface area (Å²) in [6.45, 7) is 5.13. The molecule has 0 heterocycles. The number of ether oxygens (including phenoxy) is 1. The summed E-state index contributed by atoms with van der Waals surface area (Å²) >= 11 is 1.52. The Balaban J connectivity index is 2.58. The highest BCUT2D eigenvalue weighted by atomic mass is 32.2. The van der Waals surface area contributed by atoms with Crippen LogP contribution in [0.15, 0.2) is 35.2 Å². The first-order valence-corrected chi connectivity index (χ1v) is 8.26. The molecule has 1 amide bonds. The van der Waals surface area contributed by atoms with Gasteiger partial charge in [-0.1, -0.05) is 18.2 Å². The van der Waals surface area contributed by atoms with Crippen molar-refractivity contribution in [2.45, 2.75) is 49.8 Å². The van der Waals surface area contributed by atoms with Crippen molar-refractivity contribution in [2.24, 2.45) is 0 Å². The highest BCUT2D eigenvalue weighted by Crippen LogP contribution is 2.19. The molecule has 7 heteroatoms. The maximum Gasteiger partial charge on any atom is 0.407 e. The molecular weight excluding hydrogens is 318 g/mol. The second kappa shape index (κ2) is 8.79. The minimum atomic E-state index is -1.68. The van der Waals surface area contributed by atoms with Crippen molar-refractivity contribution in [3.05, 3.63) is 30.3 Å². The Hall–Kier alpha value is -1.73. The van der Waals surface area contributed by atoms with Crippen LogP contribution in [0.2, 0.25) is 0 Å². The Kier molecular flexibility index (Phi) is 7.38. The normalized spacial score (nSPS) is 13.9. The predicted molar refractivity (Wildman–Crippen MR) is 88.6 cm³/mol. The molecule has 0 unspecified atom stereocenters. The molecule has 6 nitrogen and oxygen atoms in total. The number of alkyl carbamates (subject to hydrolysis) is 1. The number of carboxylic acids is 1. The fourth-order valence-electron chi connectivity index (χ4n) is 1.76. The lowest BCUT2D eigenvalue weighted by atomic mass is 10.1. The van der Waals surface area contributed by atoms with Gasteiger partial charge in [0.15, 0.2) is 6.10 Å². The van der Waals surface area contributed by atoms with E-state index in [2.05, 4.69) is 5.32 Å². The van der Waals surface area contributed by atoms with Crippen molar-refractivity contribution in [2.75, 3.05) is 5.75 Å². The second-order valence-electron chi connectivity index (χ2n) is 5.99. The van der Waals surface area contributed by atoms with Gasteiger partial charge < -0.3 is 20.3 Å². The first kappa shape index (κ1) is 19.3. The van der Waals surface area contributed by atoms with Gasteiger partial charge in [-0.2, -0.15) is 0 Å². The Morgan fingerprint density at radius 3 is 2.39 bits per heavy atom. The van der Waals surface area contributed by atoms with Crippen LogP contribution >= 0.6 is 11.8 Å². The van der Waals surface area contributed by atoms with E-state index in [0.29, 0.717) is 12.2 Å². The topological polar surface area (TPSA) is 95.9 Å². The van der Waals surface area contributed by atoms with E-state index in [9.17, 15) is 14.7 Å². The van der Waals surface area contributed by atoms with E-state index in [1.165, 1.54) is 11.8 Å². The molecular formula is C16H23NO5S. The van der Waals surface area contributed by atoms with Gasteiger partial charge in [0.05, 0.1) is 6.04 Å². The first-order chi connectivity index (χ1) is 10.7. The van der Waals surface area contributed by atoms with Crippen LogP contribution in [0.4, 0.5) is 4.79 Å². The fourth-order valence-corrected chi connectivity index (χ4v) is 2.72. The van der Waals surface area contributed by atoms with Crippen LogP contribution in [0, 0.1) is 0 Å². The van der Waals surface area contributed by atoms with Gasteiger partial charge in [0.1, 0.15) is 5.60 Å². The van der Waals surface area contributed by atoms with Crippen LogP contribution in [-0.2, 0) is 9.53 Å². The van der Waals surface area contributed by atoms with Gasteiger partial charge in [-0.25, -0.2) is 9.59 Å². The van der Waals surface area contributed by atoms with Crippen LogP contribution in [0.1, 0.15) is 27.2 Å². The van der Waals surface area contributed by atoms with E-state index in [1.54, 1.807) is 20.8 Å². The van der Waals surface area contributed by atoms with Crippen molar-refractivity contribution < 1.29 is 24.5 Å². The summed E-state index contributed by atoms with van der Waals surface area (Å²) < 4.78 is 5.10. The molecule has 0 aliphatic rings. The molecule has 0 aliphatic heterocycles. The molecule has 0 saturated heterocycles. The lowest BCUT2D eigenvalue weighted by Crippen LogP contribution is -2.48. The van der Waals surface area contributed by atoms with Crippen molar-refractivity contribution >= 4 is 23.8 Å². The molecule has 0 aliphatic carbocycles. The van der Waals surface area contributed by atoms with Gasteiger partial charge in [-0.15, -0.1) is 11.8 Å². The SMILES string of the molecule is CC(C)(C)OC(=O)N[C@@H](CCSc1ccccc1)[C@H](O)C(=O)O. The van der Waals surface area contributed by atoms with Crippen LogP contribution in [0.5, 0.6) is 0 Å². The van der Waals surface area contributed by atoms with Crippen molar-refractivity contribution in [3.63, 3.8) is 0 Å². The van der Waals surface area contributed by atoms with Crippen molar-refractivity contribution in [1.82, 2.24) is 5.32 Å². The van der Waals surface area contributed by atoms with Gasteiger partial charge in [0.2, 0.25) is 0 Å². The third-order valence-electron chi connectivity index (χ3n) is 2.78. The van der Waals surface area contributed by atoms with E-state index in [-0.39, 0.29) is 0 Å². The minimum Gasteiger partial charge on any atom is -0.479 e. The average molecular weight is 341 g/mol. The number of carbonyl (C=O) groups is 2. The molecule has 0 radical (unpaired) electrons. The van der Waals surface area contributed by atoms with Gasteiger partial charge in [0.25, 0.3) is 0 Å². The number of hydrogen-bond donors (Lipinski definition) is 3. The third-order valence-corrected chi connectivity index (χ3v) is 3.82. The van der Waals surface area contributed by atoms with Crippen LogP contribution < -0.4 is 5.32 Å². The predicted octanol–water partition coefficient (Wildman–Crippen LogP) is 2.51. The van der Waals surface area contributed by atoms with Gasteiger partial charge in [0, 0.05) is 10.6 Å². The largest absolute Gasteiger partial charge is 0.479 e. The van der Waals surface area contributed by atoms with Crippen LogP contribution in [-0.4, -0.2) is 45.8 Å². The lowest BCUT2D eigenvalue weighted by Gasteiger charge is -2.25. The summed E-state index contributed by atoms with van der Waals surface area (Å²) in [6.07, 6.45) is -2.13. The van der Waals surface area contributed by atoms with Gasteiger partial charge >= 0.3 is 12.1 Å². The summed E-state index contributed by atoms with van der Waals surface area (Å²) in [6, 6.07) is 8.68. The molecule has 23 heavy (non-hydrogen) atoms. The molecule has 0 aromatic heterocycles. The van der Waals surface area contributed by atoms with E-state index in [4.69, 9.17) is 9.84 Å². The average Bonchev–Trinajstić information content (AvgIpc) is 2.44. The molecule has 128 valence electrons. The molecule has 0 spiro atoms. The molecule has 3 N–H and O–H groups in total. The number of carboxylic acid groups (broad SMARTS) is 1. The zero-order valence-electron chi connectivity index (χ0n) is 13.5. The number of amides is 1. The number of rotatable bonds is 7. The van der Waals surface area contributed by atoms with E-state index in [0.717, 1.165) is 4.90 Å². The smallest absolute Gasteiger partial charge is 0.407 e. The highest BCUT2D eigenvalue weighted by molar-refractivity contribution is 7.99. The van der Waals surface area contributed by atoms with Crippen LogP contribution in [0.3, 0.4) is 0 Å². The lowest BCUT2D eigenvalue weighted by molar-refractivity contribution is -0.148.